The van der Waals surface area contributed by atoms with Gasteiger partial charge in [0, 0.05) is 17.9 Å². The third-order valence-corrected chi connectivity index (χ3v) is 5.49. The second kappa shape index (κ2) is 11.3. The molecule has 33 heavy (non-hydrogen) atoms. The molecule has 0 aliphatic rings. The van der Waals surface area contributed by atoms with Crippen LogP contribution in [-0.2, 0) is 19.1 Å². The quantitative estimate of drug-likeness (QED) is 0.248. The molecule has 0 fully saturated rings. The second-order valence-corrected chi connectivity index (χ2v) is 7.55. The number of methoxy groups -OCH3 is 1. The standard InChI is InChI=1S/C27H28O6/c1-4-32-26(29)25(27(30)33-5-2)23(18-9-7-6-8-10-18)17-24(28)21-12-11-20-16-22(31-3)14-13-19(20)15-21/h6-16,23,25H,4-5,17H2,1-3H3. The van der Waals surface area contributed by atoms with Crippen LogP contribution in [0.1, 0.15) is 42.1 Å². The summed E-state index contributed by atoms with van der Waals surface area (Å²) in [6.45, 7) is 3.59. The van der Waals surface area contributed by atoms with Gasteiger partial charge in [-0.1, -0.05) is 48.5 Å². The molecule has 6 nitrogen and oxygen atoms in total. The zero-order valence-electron chi connectivity index (χ0n) is 19.1. The van der Waals surface area contributed by atoms with Crippen LogP contribution in [-0.4, -0.2) is 38.0 Å². The van der Waals surface area contributed by atoms with E-state index in [1.807, 2.05) is 48.5 Å². The third-order valence-electron chi connectivity index (χ3n) is 5.49. The van der Waals surface area contributed by atoms with Crippen LogP contribution >= 0.6 is 0 Å². The van der Waals surface area contributed by atoms with Crippen LogP contribution in [0.4, 0.5) is 0 Å². The largest absolute Gasteiger partial charge is 0.497 e. The Kier molecular flexibility index (Phi) is 8.19. The Balaban J connectivity index is 1.97. The van der Waals surface area contributed by atoms with Crippen LogP contribution < -0.4 is 4.74 Å². The molecular weight excluding hydrogens is 420 g/mol. The molecule has 1 unspecified atom stereocenters. The Morgan fingerprint density at radius 3 is 2.00 bits per heavy atom. The van der Waals surface area contributed by atoms with Crippen molar-refractivity contribution < 1.29 is 28.6 Å². The molecule has 3 rings (SSSR count). The molecule has 0 N–H and O–H groups in total. The number of ketones is 1. The summed E-state index contributed by atoms with van der Waals surface area (Å²) < 4.78 is 15.6. The monoisotopic (exact) mass is 448 g/mol. The molecule has 0 heterocycles. The Hall–Kier alpha value is -3.67. The number of hydrogen-bond donors (Lipinski definition) is 0. The average molecular weight is 449 g/mol. The van der Waals surface area contributed by atoms with Gasteiger partial charge in [-0.05, 0) is 48.4 Å². The molecule has 0 aliphatic carbocycles. The first-order valence-electron chi connectivity index (χ1n) is 11.0. The first-order chi connectivity index (χ1) is 16.0. The molecular formula is C27H28O6. The topological polar surface area (TPSA) is 78.9 Å². The lowest BCUT2D eigenvalue weighted by atomic mass is 9.81. The maximum absolute atomic E-state index is 13.3. The lowest BCUT2D eigenvalue weighted by Gasteiger charge is -2.24. The minimum Gasteiger partial charge on any atom is -0.497 e. The van der Waals surface area contributed by atoms with Crippen molar-refractivity contribution in [2.45, 2.75) is 26.2 Å². The zero-order chi connectivity index (χ0) is 23.8. The van der Waals surface area contributed by atoms with Gasteiger partial charge >= 0.3 is 11.9 Å². The molecule has 0 amide bonds. The summed E-state index contributed by atoms with van der Waals surface area (Å²) >= 11 is 0. The van der Waals surface area contributed by atoms with E-state index in [0.29, 0.717) is 11.1 Å². The normalized spacial score (nSPS) is 11.8. The maximum atomic E-state index is 13.3. The number of hydrogen-bond acceptors (Lipinski definition) is 6. The summed E-state index contributed by atoms with van der Waals surface area (Å²) in [5.74, 6) is -2.78. The van der Waals surface area contributed by atoms with E-state index in [1.165, 1.54) is 0 Å². The molecule has 6 heteroatoms. The Bertz CT molecular complexity index is 1100. The Morgan fingerprint density at radius 1 is 0.788 bits per heavy atom. The first-order valence-corrected chi connectivity index (χ1v) is 11.0. The van der Waals surface area contributed by atoms with Crippen LogP contribution in [0.15, 0.2) is 66.7 Å². The van der Waals surface area contributed by atoms with E-state index >= 15 is 0 Å². The number of esters is 2. The molecule has 0 bridgehead atoms. The maximum Gasteiger partial charge on any atom is 0.320 e. The number of fused-ring (bicyclic) bond motifs is 1. The van der Waals surface area contributed by atoms with Crippen LogP contribution in [0.5, 0.6) is 5.75 Å². The predicted molar refractivity (Wildman–Crippen MR) is 125 cm³/mol. The Morgan fingerprint density at radius 2 is 1.39 bits per heavy atom. The SMILES string of the molecule is CCOC(=O)C(C(=O)OCC)C(CC(=O)c1ccc2cc(OC)ccc2c1)c1ccccc1. The highest BCUT2D eigenvalue weighted by molar-refractivity contribution is 6.02. The van der Waals surface area contributed by atoms with Crippen molar-refractivity contribution in [3.05, 3.63) is 77.9 Å². The smallest absolute Gasteiger partial charge is 0.320 e. The van der Waals surface area contributed by atoms with Crippen molar-refractivity contribution in [2.24, 2.45) is 5.92 Å². The summed E-state index contributed by atoms with van der Waals surface area (Å²) in [6, 6.07) is 20.1. The summed E-state index contributed by atoms with van der Waals surface area (Å²) in [4.78, 5) is 38.9. The van der Waals surface area contributed by atoms with E-state index in [1.54, 1.807) is 39.2 Å². The molecule has 0 spiro atoms. The van der Waals surface area contributed by atoms with Crippen LogP contribution in [0.2, 0.25) is 0 Å². The van der Waals surface area contributed by atoms with Gasteiger partial charge in [0.15, 0.2) is 11.7 Å². The van der Waals surface area contributed by atoms with Gasteiger partial charge in [0.05, 0.1) is 20.3 Å². The number of rotatable bonds is 10. The minimum absolute atomic E-state index is 0.0476. The van der Waals surface area contributed by atoms with Gasteiger partial charge in [-0.3, -0.25) is 14.4 Å². The molecule has 0 saturated carbocycles. The number of benzene rings is 3. The minimum atomic E-state index is -1.24. The summed E-state index contributed by atoms with van der Waals surface area (Å²) in [5.41, 5.74) is 1.20. The molecule has 0 aromatic heterocycles. The number of carbonyl (C=O) groups excluding carboxylic acids is 3. The van der Waals surface area contributed by atoms with Gasteiger partial charge in [-0.15, -0.1) is 0 Å². The fourth-order valence-electron chi connectivity index (χ4n) is 3.86. The highest BCUT2D eigenvalue weighted by Gasteiger charge is 2.39. The first kappa shape index (κ1) is 24.0. The average Bonchev–Trinajstić information content (AvgIpc) is 2.83. The van der Waals surface area contributed by atoms with Crippen LogP contribution in [0.3, 0.4) is 0 Å². The van der Waals surface area contributed by atoms with Crippen LogP contribution in [0.25, 0.3) is 10.8 Å². The van der Waals surface area contributed by atoms with Crippen molar-refractivity contribution in [3.63, 3.8) is 0 Å². The number of Topliss-reactive ketones (excluding diaryl/α,β-unsaturated/α-hetero) is 1. The van der Waals surface area contributed by atoms with Gasteiger partial charge in [-0.25, -0.2) is 0 Å². The van der Waals surface area contributed by atoms with E-state index in [2.05, 4.69) is 0 Å². The molecule has 172 valence electrons. The van der Waals surface area contributed by atoms with Gasteiger partial charge in [0.2, 0.25) is 0 Å². The number of ether oxygens (including phenoxy) is 3. The highest BCUT2D eigenvalue weighted by Crippen LogP contribution is 2.32. The summed E-state index contributed by atoms with van der Waals surface area (Å²) in [6.07, 6.45) is -0.0476. The third kappa shape index (κ3) is 5.77. The van der Waals surface area contributed by atoms with Gasteiger partial charge in [0.1, 0.15) is 5.75 Å². The van der Waals surface area contributed by atoms with E-state index in [9.17, 15) is 14.4 Å². The molecule has 0 radical (unpaired) electrons. The molecule has 3 aromatic rings. The second-order valence-electron chi connectivity index (χ2n) is 7.55. The predicted octanol–water partition coefficient (Wildman–Crippen LogP) is 4.95. The van der Waals surface area contributed by atoms with E-state index in [0.717, 1.165) is 16.5 Å². The fraction of sp³-hybridized carbons (Fsp3) is 0.296. The van der Waals surface area contributed by atoms with Gasteiger partial charge in [-0.2, -0.15) is 0 Å². The van der Waals surface area contributed by atoms with E-state index < -0.39 is 23.8 Å². The van der Waals surface area contributed by atoms with E-state index in [-0.39, 0.29) is 25.4 Å². The van der Waals surface area contributed by atoms with Crippen molar-refractivity contribution in [3.8, 4) is 5.75 Å². The van der Waals surface area contributed by atoms with Crippen molar-refractivity contribution >= 4 is 28.5 Å². The van der Waals surface area contributed by atoms with Gasteiger partial charge in [0.25, 0.3) is 0 Å². The van der Waals surface area contributed by atoms with Gasteiger partial charge < -0.3 is 14.2 Å². The molecule has 1 atom stereocenters. The summed E-state index contributed by atoms with van der Waals surface area (Å²) in [7, 11) is 1.60. The summed E-state index contributed by atoms with van der Waals surface area (Å²) in [5, 5.41) is 1.84. The molecule has 0 aliphatic heterocycles. The Labute approximate surface area is 193 Å². The van der Waals surface area contributed by atoms with Crippen molar-refractivity contribution in [1.29, 1.82) is 0 Å². The lowest BCUT2D eigenvalue weighted by molar-refractivity contribution is -0.162. The van der Waals surface area contributed by atoms with Crippen molar-refractivity contribution in [2.75, 3.05) is 20.3 Å². The van der Waals surface area contributed by atoms with Crippen LogP contribution in [0, 0.1) is 5.92 Å². The van der Waals surface area contributed by atoms with Crippen molar-refractivity contribution in [1.82, 2.24) is 0 Å². The molecule has 3 aromatic carbocycles. The number of carbonyl (C=O) groups is 3. The van der Waals surface area contributed by atoms with E-state index in [4.69, 9.17) is 14.2 Å². The molecule has 0 saturated heterocycles. The zero-order valence-corrected chi connectivity index (χ0v) is 19.1. The highest BCUT2D eigenvalue weighted by atomic mass is 16.6. The lowest BCUT2D eigenvalue weighted by Crippen LogP contribution is -2.34. The fourth-order valence-corrected chi connectivity index (χ4v) is 3.86.